The molecular weight excluding hydrogens is 152 g/mol. The van der Waals surface area contributed by atoms with Gasteiger partial charge in [-0.2, -0.15) is 0 Å². The predicted molar refractivity (Wildman–Crippen MR) is 45.6 cm³/mol. The van der Waals surface area contributed by atoms with E-state index >= 15 is 0 Å². The Morgan fingerprint density at radius 2 is 2.44 bits per heavy atom. The van der Waals surface area contributed by atoms with Crippen molar-refractivity contribution in [1.82, 2.24) is 0 Å². The molecule has 0 aliphatic heterocycles. The molecule has 0 aromatic heterocycles. The average Bonchev–Trinajstić information content (AvgIpc) is 1.85. The van der Waals surface area contributed by atoms with Gasteiger partial charge in [-0.05, 0) is 13.0 Å². The lowest BCUT2D eigenvalue weighted by molar-refractivity contribution is 0.617. The van der Waals surface area contributed by atoms with E-state index in [1.807, 2.05) is 6.92 Å². The second kappa shape index (κ2) is 6.26. The van der Waals surface area contributed by atoms with E-state index in [0.717, 1.165) is 5.75 Å². The Bertz CT molecular complexity index is 101. The molecule has 0 aliphatic carbocycles. The first-order chi connectivity index (χ1) is 4.31. The van der Waals surface area contributed by atoms with Crippen LogP contribution in [0.15, 0.2) is 24.1 Å². The van der Waals surface area contributed by atoms with E-state index in [4.69, 9.17) is 0 Å². The number of hydrogen-bond donors (Lipinski definition) is 0. The van der Waals surface area contributed by atoms with Crippen molar-refractivity contribution in [3.8, 4) is 0 Å². The highest BCUT2D eigenvalue weighted by atomic mass is 33.1. The maximum atomic E-state index is 10.7. The largest absolute Gasteiger partial charge is 0.601 e. The predicted octanol–water partition coefficient (Wildman–Crippen LogP) is 2.10. The lowest BCUT2D eigenvalue weighted by Gasteiger charge is -1.97. The van der Waals surface area contributed by atoms with Gasteiger partial charge in [-0.3, -0.25) is 0 Å². The van der Waals surface area contributed by atoms with Gasteiger partial charge in [0.2, 0.25) is 0 Å². The van der Waals surface area contributed by atoms with E-state index in [1.165, 1.54) is 10.8 Å². The molecule has 0 heterocycles. The van der Waals surface area contributed by atoms with Crippen LogP contribution in [0.1, 0.15) is 6.92 Å². The van der Waals surface area contributed by atoms with Crippen molar-refractivity contribution in [2.24, 2.45) is 0 Å². The van der Waals surface area contributed by atoms with Crippen LogP contribution in [-0.4, -0.2) is 10.3 Å². The van der Waals surface area contributed by atoms with Crippen LogP contribution in [0.2, 0.25) is 0 Å². The van der Waals surface area contributed by atoms with Gasteiger partial charge in [0.1, 0.15) is 5.41 Å². The smallest absolute Gasteiger partial charge is 0.126 e. The molecule has 0 aromatic carbocycles. The van der Waals surface area contributed by atoms with Gasteiger partial charge in [0, 0.05) is 0 Å². The van der Waals surface area contributed by atoms with E-state index in [2.05, 4.69) is 6.58 Å². The molecule has 1 unspecified atom stereocenters. The van der Waals surface area contributed by atoms with E-state index in [-0.39, 0.29) is 0 Å². The summed E-state index contributed by atoms with van der Waals surface area (Å²) in [5, 5.41) is 1.66. The topological polar surface area (TPSA) is 23.1 Å². The average molecular weight is 162 g/mol. The molecule has 0 radical (unpaired) electrons. The van der Waals surface area contributed by atoms with E-state index < -0.39 is 10.2 Å². The van der Waals surface area contributed by atoms with Crippen LogP contribution in [-0.2, 0) is 10.2 Å². The lowest BCUT2D eigenvalue weighted by atomic mass is 10.8. The summed E-state index contributed by atoms with van der Waals surface area (Å²) in [6, 6.07) is 0. The first-order valence-corrected chi connectivity index (χ1v) is 5.30. The SMILES string of the molecule is C=CCS[S+]([O-])C=CC. The zero-order valence-corrected chi connectivity index (χ0v) is 7.00. The summed E-state index contributed by atoms with van der Waals surface area (Å²) < 4.78 is 10.7. The number of rotatable bonds is 4. The highest BCUT2D eigenvalue weighted by molar-refractivity contribution is 8.73. The minimum Gasteiger partial charge on any atom is -0.601 e. The lowest BCUT2D eigenvalue weighted by Crippen LogP contribution is -1.87. The van der Waals surface area contributed by atoms with Gasteiger partial charge in [-0.1, -0.05) is 6.08 Å². The van der Waals surface area contributed by atoms with Crippen LogP contribution in [0.5, 0.6) is 0 Å². The number of hydrogen-bond acceptors (Lipinski definition) is 2. The zero-order chi connectivity index (χ0) is 7.11. The molecule has 52 valence electrons. The molecule has 0 aliphatic rings. The molecule has 0 spiro atoms. The summed E-state index contributed by atoms with van der Waals surface area (Å²) in [4.78, 5) is 0. The van der Waals surface area contributed by atoms with Crippen molar-refractivity contribution in [1.29, 1.82) is 0 Å². The molecule has 0 fully saturated rings. The van der Waals surface area contributed by atoms with Crippen molar-refractivity contribution >= 4 is 21.0 Å². The minimum atomic E-state index is -0.855. The third-order valence-corrected chi connectivity index (χ3v) is 3.09. The first-order valence-electron chi connectivity index (χ1n) is 2.58. The van der Waals surface area contributed by atoms with Gasteiger partial charge in [0.15, 0.2) is 0 Å². The van der Waals surface area contributed by atoms with Crippen LogP contribution in [0.3, 0.4) is 0 Å². The molecule has 9 heavy (non-hydrogen) atoms. The van der Waals surface area contributed by atoms with Crippen molar-refractivity contribution in [2.45, 2.75) is 6.92 Å². The Hall–Kier alpha value is 0.140. The summed E-state index contributed by atoms with van der Waals surface area (Å²) in [5.41, 5.74) is 0. The second-order valence-corrected chi connectivity index (χ2v) is 4.36. The highest BCUT2D eigenvalue weighted by Gasteiger charge is 1.98. The molecule has 0 saturated heterocycles. The van der Waals surface area contributed by atoms with Crippen LogP contribution in [0, 0.1) is 0 Å². The highest BCUT2D eigenvalue weighted by Crippen LogP contribution is 2.13. The third kappa shape index (κ3) is 6.02. The fraction of sp³-hybridized carbons (Fsp3) is 0.333. The summed E-state index contributed by atoms with van der Waals surface area (Å²) in [6.07, 6.45) is 3.53. The maximum Gasteiger partial charge on any atom is 0.126 e. The second-order valence-electron chi connectivity index (χ2n) is 1.30. The molecule has 0 aromatic rings. The van der Waals surface area contributed by atoms with Gasteiger partial charge in [0.25, 0.3) is 0 Å². The van der Waals surface area contributed by atoms with Crippen LogP contribution < -0.4 is 0 Å². The minimum absolute atomic E-state index is 0.747. The molecule has 0 saturated carbocycles. The molecule has 0 bridgehead atoms. The van der Waals surface area contributed by atoms with E-state index in [9.17, 15) is 4.55 Å². The molecule has 0 rings (SSSR count). The monoisotopic (exact) mass is 162 g/mol. The quantitative estimate of drug-likeness (QED) is 0.359. The summed E-state index contributed by atoms with van der Waals surface area (Å²) in [7, 11) is 0.513. The number of allylic oxidation sites excluding steroid dienone is 1. The summed E-state index contributed by atoms with van der Waals surface area (Å²) in [5.74, 6) is 0.747. The Balaban J connectivity index is 3.25. The van der Waals surface area contributed by atoms with Crippen LogP contribution in [0.25, 0.3) is 0 Å². The van der Waals surface area contributed by atoms with E-state index in [1.54, 1.807) is 17.6 Å². The summed E-state index contributed by atoms with van der Waals surface area (Å²) >= 11 is 0. The Labute approximate surface area is 62.8 Å². The Morgan fingerprint density at radius 1 is 1.78 bits per heavy atom. The zero-order valence-electron chi connectivity index (χ0n) is 5.37. The van der Waals surface area contributed by atoms with Crippen molar-refractivity contribution < 1.29 is 4.55 Å². The Morgan fingerprint density at radius 3 is 2.89 bits per heavy atom. The maximum absolute atomic E-state index is 10.7. The Kier molecular flexibility index (Phi) is 6.36. The van der Waals surface area contributed by atoms with Gasteiger partial charge in [-0.25, -0.2) is 0 Å². The van der Waals surface area contributed by atoms with Crippen molar-refractivity contribution in [2.75, 3.05) is 5.75 Å². The fourth-order valence-corrected chi connectivity index (χ4v) is 2.06. The molecule has 0 N–H and O–H groups in total. The van der Waals surface area contributed by atoms with Crippen LogP contribution >= 0.6 is 10.8 Å². The van der Waals surface area contributed by atoms with Crippen molar-refractivity contribution in [3.63, 3.8) is 0 Å². The molecular formula is C6H10OS2. The third-order valence-electron chi connectivity index (χ3n) is 0.549. The van der Waals surface area contributed by atoms with Gasteiger partial charge >= 0.3 is 0 Å². The van der Waals surface area contributed by atoms with E-state index in [0.29, 0.717) is 0 Å². The van der Waals surface area contributed by atoms with Gasteiger partial charge < -0.3 is 4.55 Å². The van der Waals surface area contributed by atoms with Crippen molar-refractivity contribution in [3.05, 3.63) is 24.1 Å². The molecule has 0 amide bonds. The molecule has 1 nitrogen and oxygen atoms in total. The standard InChI is InChI=1S/C6H10OS2/c1-3-5-8-9(7)6-4-2/h3-4,6H,1,5H2,2H3. The van der Waals surface area contributed by atoms with Gasteiger partial charge in [-0.15, -0.1) is 6.58 Å². The first kappa shape index (κ1) is 9.14. The summed E-state index contributed by atoms with van der Waals surface area (Å²) in [6.45, 7) is 5.37. The molecule has 3 heteroatoms. The fourth-order valence-electron chi connectivity index (χ4n) is 0.266. The van der Waals surface area contributed by atoms with Crippen LogP contribution in [0.4, 0.5) is 0 Å². The van der Waals surface area contributed by atoms with Gasteiger partial charge in [0.05, 0.1) is 26.8 Å². The normalized spacial score (nSPS) is 14.0. The molecule has 1 atom stereocenters.